The second-order valence-corrected chi connectivity index (χ2v) is 3.24. The zero-order chi connectivity index (χ0) is 10.0. The van der Waals surface area contributed by atoms with E-state index in [1.54, 1.807) is 26.0 Å². The Balaban J connectivity index is 3.12. The summed E-state index contributed by atoms with van der Waals surface area (Å²) in [5.41, 5.74) is 6.82. The maximum Gasteiger partial charge on any atom is 0.128 e. The van der Waals surface area contributed by atoms with E-state index in [4.69, 9.17) is 5.73 Å². The molecule has 2 nitrogen and oxygen atoms in total. The minimum atomic E-state index is -0.740. The van der Waals surface area contributed by atoms with Crippen molar-refractivity contribution in [3.05, 3.63) is 35.1 Å². The molecule has 2 atom stereocenters. The number of aryl methyl sites for hydroxylation is 1. The molecule has 0 aliphatic rings. The van der Waals surface area contributed by atoms with Gasteiger partial charge in [0.25, 0.3) is 0 Å². The van der Waals surface area contributed by atoms with E-state index in [9.17, 15) is 9.50 Å². The van der Waals surface area contributed by atoms with Gasteiger partial charge < -0.3 is 10.8 Å². The Morgan fingerprint density at radius 2 is 2.08 bits per heavy atom. The number of halogens is 1. The molecule has 0 heterocycles. The van der Waals surface area contributed by atoms with Crippen molar-refractivity contribution in [2.45, 2.75) is 26.0 Å². The highest BCUT2D eigenvalue weighted by Crippen LogP contribution is 2.21. The fourth-order valence-electron chi connectivity index (χ4n) is 1.31. The summed E-state index contributed by atoms with van der Waals surface area (Å²) in [6.07, 6.45) is -0.740. The van der Waals surface area contributed by atoms with Crippen molar-refractivity contribution >= 4 is 0 Å². The lowest BCUT2D eigenvalue weighted by atomic mass is 9.98. The quantitative estimate of drug-likeness (QED) is 0.730. The van der Waals surface area contributed by atoms with Crippen molar-refractivity contribution < 1.29 is 9.50 Å². The first-order valence-electron chi connectivity index (χ1n) is 4.22. The molecule has 1 aromatic carbocycles. The van der Waals surface area contributed by atoms with E-state index in [1.807, 2.05) is 0 Å². The van der Waals surface area contributed by atoms with Crippen LogP contribution in [0.3, 0.4) is 0 Å². The average molecular weight is 183 g/mol. The second-order valence-electron chi connectivity index (χ2n) is 3.24. The number of aliphatic hydroxyl groups excluding tert-OH is 1. The molecule has 0 amide bonds. The van der Waals surface area contributed by atoms with Gasteiger partial charge in [-0.05, 0) is 25.5 Å². The number of nitrogens with two attached hydrogens (primary N) is 1. The molecule has 0 saturated carbocycles. The summed E-state index contributed by atoms with van der Waals surface area (Å²) in [5.74, 6) is -0.353. The van der Waals surface area contributed by atoms with Crippen molar-refractivity contribution in [2.24, 2.45) is 5.73 Å². The Labute approximate surface area is 77.2 Å². The van der Waals surface area contributed by atoms with E-state index in [0.29, 0.717) is 5.56 Å². The van der Waals surface area contributed by atoms with Crippen LogP contribution in [-0.2, 0) is 0 Å². The molecular formula is C10H14FNO. The molecule has 1 unspecified atom stereocenters. The number of rotatable bonds is 2. The topological polar surface area (TPSA) is 46.2 Å². The molecule has 1 aromatic rings. The Bertz CT molecular complexity index is 279. The Hall–Kier alpha value is -0.930. The minimum absolute atomic E-state index is 0.353. The van der Waals surface area contributed by atoms with Gasteiger partial charge in [-0.1, -0.05) is 12.1 Å². The summed E-state index contributed by atoms with van der Waals surface area (Å²) in [5, 5.41) is 9.23. The molecule has 0 radical (unpaired) electrons. The fraction of sp³-hybridized carbons (Fsp3) is 0.400. The Morgan fingerprint density at radius 1 is 1.46 bits per heavy atom. The minimum Gasteiger partial charge on any atom is -0.391 e. The summed E-state index contributed by atoms with van der Waals surface area (Å²) in [6.45, 7) is 3.33. The highest BCUT2D eigenvalue weighted by Gasteiger charge is 2.17. The Morgan fingerprint density at radius 3 is 2.54 bits per heavy atom. The smallest absolute Gasteiger partial charge is 0.128 e. The van der Waals surface area contributed by atoms with E-state index in [-0.39, 0.29) is 5.82 Å². The van der Waals surface area contributed by atoms with Gasteiger partial charge in [-0.25, -0.2) is 4.39 Å². The van der Waals surface area contributed by atoms with E-state index in [0.717, 1.165) is 5.56 Å². The van der Waals surface area contributed by atoms with Gasteiger partial charge in [0.05, 0.1) is 12.1 Å². The molecule has 3 N–H and O–H groups in total. The first kappa shape index (κ1) is 10.2. The largest absolute Gasteiger partial charge is 0.391 e. The van der Waals surface area contributed by atoms with Crippen LogP contribution in [0, 0.1) is 12.7 Å². The van der Waals surface area contributed by atoms with Gasteiger partial charge in [0.1, 0.15) is 5.82 Å². The van der Waals surface area contributed by atoms with Crippen LogP contribution in [-0.4, -0.2) is 11.2 Å². The third-order valence-electron chi connectivity index (χ3n) is 2.12. The van der Waals surface area contributed by atoms with Crippen LogP contribution in [0.5, 0.6) is 0 Å². The molecule has 3 heteroatoms. The van der Waals surface area contributed by atoms with Gasteiger partial charge in [-0.3, -0.25) is 0 Å². The number of aliphatic hydroxyl groups is 1. The normalized spacial score (nSPS) is 15.5. The highest BCUT2D eigenvalue weighted by atomic mass is 19.1. The zero-order valence-corrected chi connectivity index (χ0v) is 7.79. The third-order valence-corrected chi connectivity index (χ3v) is 2.12. The molecular weight excluding hydrogens is 169 g/mol. The van der Waals surface area contributed by atoms with Crippen molar-refractivity contribution in [1.29, 1.82) is 0 Å². The maximum absolute atomic E-state index is 13.3. The van der Waals surface area contributed by atoms with Gasteiger partial charge in [0.15, 0.2) is 0 Å². The lowest BCUT2D eigenvalue weighted by molar-refractivity contribution is 0.162. The van der Waals surface area contributed by atoms with E-state index in [1.165, 1.54) is 6.07 Å². The molecule has 0 aliphatic heterocycles. The molecule has 0 aliphatic carbocycles. The molecule has 1 rings (SSSR count). The molecule has 0 spiro atoms. The van der Waals surface area contributed by atoms with Crippen molar-refractivity contribution in [3.8, 4) is 0 Å². The van der Waals surface area contributed by atoms with Crippen LogP contribution >= 0.6 is 0 Å². The molecule has 0 fully saturated rings. The SMILES string of the molecule is Cc1cccc(F)c1[C@H](N)C(C)O. The van der Waals surface area contributed by atoms with Gasteiger partial charge in [-0.15, -0.1) is 0 Å². The monoisotopic (exact) mass is 183 g/mol. The predicted molar refractivity (Wildman–Crippen MR) is 49.7 cm³/mol. The van der Waals surface area contributed by atoms with Crippen LogP contribution in [0.4, 0.5) is 4.39 Å². The zero-order valence-electron chi connectivity index (χ0n) is 7.79. The standard InChI is InChI=1S/C10H14FNO/c1-6-4-3-5-8(11)9(6)10(12)7(2)13/h3-5,7,10,13H,12H2,1-2H3/t7?,10-/m1/s1. The third kappa shape index (κ3) is 2.05. The summed E-state index contributed by atoms with van der Waals surface area (Å²) in [6, 6.07) is 4.11. The van der Waals surface area contributed by atoms with Crippen LogP contribution < -0.4 is 5.73 Å². The highest BCUT2D eigenvalue weighted by molar-refractivity contribution is 5.30. The summed E-state index contributed by atoms with van der Waals surface area (Å²) in [4.78, 5) is 0. The molecule has 0 aromatic heterocycles. The number of benzene rings is 1. The van der Waals surface area contributed by atoms with Crippen molar-refractivity contribution in [2.75, 3.05) is 0 Å². The molecule has 0 bridgehead atoms. The first-order chi connectivity index (χ1) is 6.04. The molecule has 72 valence electrons. The average Bonchev–Trinajstić information content (AvgIpc) is 2.03. The Kier molecular flexibility index (Phi) is 3.01. The van der Waals surface area contributed by atoms with Crippen LogP contribution in [0.15, 0.2) is 18.2 Å². The summed E-state index contributed by atoms with van der Waals surface area (Å²) in [7, 11) is 0. The predicted octanol–water partition coefficient (Wildman–Crippen LogP) is 1.51. The number of hydrogen-bond acceptors (Lipinski definition) is 2. The van der Waals surface area contributed by atoms with Gasteiger partial charge in [0.2, 0.25) is 0 Å². The summed E-state index contributed by atoms with van der Waals surface area (Å²) < 4.78 is 13.3. The van der Waals surface area contributed by atoms with Gasteiger partial charge >= 0.3 is 0 Å². The van der Waals surface area contributed by atoms with E-state index >= 15 is 0 Å². The van der Waals surface area contributed by atoms with Crippen molar-refractivity contribution in [1.82, 2.24) is 0 Å². The maximum atomic E-state index is 13.3. The lowest BCUT2D eigenvalue weighted by Crippen LogP contribution is -2.25. The van der Waals surface area contributed by atoms with Crippen LogP contribution in [0.2, 0.25) is 0 Å². The van der Waals surface area contributed by atoms with Crippen LogP contribution in [0.1, 0.15) is 24.1 Å². The van der Waals surface area contributed by atoms with Crippen molar-refractivity contribution in [3.63, 3.8) is 0 Å². The molecule has 0 saturated heterocycles. The van der Waals surface area contributed by atoms with Gasteiger partial charge in [-0.2, -0.15) is 0 Å². The number of hydrogen-bond donors (Lipinski definition) is 2. The second kappa shape index (κ2) is 3.85. The van der Waals surface area contributed by atoms with E-state index in [2.05, 4.69) is 0 Å². The first-order valence-corrected chi connectivity index (χ1v) is 4.22. The van der Waals surface area contributed by atoms with E-state index < -0.39 is 12.1 Å². The fourth-order valence-corrected chi connectivity index (χ4v) is 1.31. The lowest BCUT2D eigenvalue weighted by Gasteiger charge is -2.17. The van der Waals surface area contributed by atoms with Gasteiger partial charge in [0, 0.05) is 5.56 Å². The van der Waals surface area contributed by atoms with Crippen LogP contribution in [0.25, 0.3) is 0 Å². The molecule has 13 heavy (non-hydrogen) atoms. The summed E-state index contributed by atoms with van der Waals surface area (Å²) >= 11 is 0.